The van der Waals surface area contributed by atoms with Crippen LogP contribution in [0.25, 0.3) is 11.0 Å². The fourth-order valence-corrected chi connectivity index (χ4v) is 6.09. The van der Waals surface area contributed by atoms with Crippen LogP contribution in [0.5, 0.6) is 0 Å². The maximum absolute atomic E-state index is 9.41. The smallest absolute Gasteiger partial charge is 0.229 e. The zero-order valence-electron chi connectivity index (χ0n) is 22.1. The molecule has 3 aromatic heterocycles. The summed E-state index contributed by atoms with van der Waals surface area (Å²) in [4.78, 5) is 12.4. The first-order valence-corrected chi connectivity index (χ1v) is 14.2. The second-order valence-corrected chi connectivity index (χ2v) is 10.7. The topological polar surface area (TPSA) is 115 Å². The molecule has 6 rings (SSSR count). The molecule has 0 aromatic carbocycles. The van der Waals surface area contributed by atoms with Gasteiger partial charge < -0.3 is 29.8 Å². The molecule has 0 atom stereocenters. The molecule has 0 bridgehead atoms. The molecule has 11 nitrogen and oxygen atoms in total. The Balaban J connectivity index is 1.19. The van der Waals surface area contributed by atoms with Crippen LogP contribution in [0, 0.1) is 0 Å². The van der Waals surface area contributed by atoms with E-state index in [1.165, 1.54) is 12.8 Å². The van der Waals surface area contributed by atoms with Crippen molar-refractivity contribution in [3.05, 3.63) is 24.7 Å². The van der Waals surface area contributed by atoms with Gasteiger partial charge in [-0.05, 0) is 51.0 Å². The molecule has 3 N–H and O–H groups in total. The summed E-state index contributed by atoms with van der Waals surface area (Å²) >= 11 is 0. The number of morpholine rings is 1. The Hall–Kier alpha value is -2.73. The van der Waals surface area contributed by atoms with E-state index in [0.717, 1.165) is 94.3 Å². The Kier molecular flexibility index (Phi) is 8.05. The van der Waals surface area contributed by atoms with Crippen molar-refractivity contribution in [3.63, 3.8) is 0 Å². The number of nitrogens with zero attached hydrogens (tertiary/aromatic N) is 6. The largest absolute Gasteiger partial charge is 0.396 e. The average molecular weight is 525 g/mol. The lowest BCUT2D eigenvalue weighted by Gasteiger charge is -2.39. The molecular weight excluding hydrogens is 484 g/mol. The van der Waals surface area contributed by atoms with Gasteiger partial charge in [-0.15, -0.1) is 0 Å². The number of fused-ring (bicyclic) bond motifs is 1. The summed E-state index contributed by atoms with van der Waals surface area (Å²) in [5.74, 6) is 1.42. The van der Waals surface area contributed by atoms with E-state index < -0.39 is 0 Å². The van der Waals surface area contributed by atoms with Gasteiger partial charge in [-0.3, -0.25) is 9.58 Å². The van der Waals surface area contributed by atoms with Crippen LogP contribution >= 0.6 is 0 Å². The summed E-state index contributed by atoms with van der Waals surface area (Å²) < 4.78 is 15.2. The lowest BCUT2D eigenvalue weighted by molar-refractivity contribution is 0.00791. The quantitative estimate of drug-likeness (QED) is 0.388. The van der Waals surface area contributed by atoms with Crippen molar-refractivity contribution >= 4 is 28.5 Å². The van der Waals surface area contributed by atoms with Crippen molar-refractivity contribution in [2.45, 2.75) is 69.6 Å². The average Bonchev–Trinajstić information content (AvgIpc) is 3.60. The van der Waals surface area contributed by atoms with Gasteiger partial charge in [0.15, 0.2) is 5.82 Å². The summed E-state index contributed by atoms with van der Waals surface area (Å²) in [7, 11) is 0. The number of aryl methyl sites for hydroxylation is 1. The lowest BCUT2D eigenvalue weighted by Crippen LogP contribution is -2.46. The number of aliphatic hydroxyl groups excluding tert-OH is 1. The molecule has 3 fully saturated rings. The van der Waals surface area contributed by atoms with Gasteiger partial charge in [-0.2, -0.15) is 10.1 Å². The van der Waals surface area contributed by atoms with Crippen LogP contribution in [-0.2, 0) is 16.0 Å². The van der Waals surface area contributed by atoms with E-state index in [2.05, 4.69) is 25.2 Å². The highest BCUT2D eigenvalue weighted by atomic mass is 16.5. The normalized spacial score (nSPS) is 23.6. The molecule has 38 heavy (non-hydrogen) atoms. The van der Waals surface area contributed by atoms with Gasteiger partial charge in [0.2, 0.25) is 5.95 Å². The SMILES string of the molecule is OCCCn1ccc2nc(Nc3cnn(C4CCOCC4)c3)nc(NC3CCC(N4CCOCC4)CC3)c21. The fraction of sp³-hybridized carbons (Fsp3) is 0.667. The van der Waals surface area contributed by atoms with Gasteiger partial charge in [-0.1, -0.05) is 0 Å². The Morgan fingerprint density at radius 3 is 2.53 bits per heavy atom. The van der Waals surface area contributed by atoms with Crippen molar-refractivity contribution in [1.82, 2.24) is 29.2 Å². The second kappa shape index (κ2) is 12.0. The number of aliphatic hydroxyl groups is 1. The standard InChI is InChI=1S/C27H40N8O3/c36-13-1-9-34-10-6-24-25(34)26(29-20-2-4-22(5-3-20)33-11-16-38-17-12-33)32-27(31-24)30-21-18-28-35(19-21)23-7-14-37-15-8-23/h6,10,18-20,22-23,36H,1-5,7-9,11-17H2,(H2,29,30,31,32). The molecule has 0 unspecified atom stereocenters. The molecule has 11 heteroatoms. The Labute approximate surface area is 223 Å². The summed E-state index contributed by atoms with van der Waals surface area (Å²) in [6, 6.07) is 3.43. The minimum Gasteiger partial charge on any atom is -0.396 e. The molecule has 2 aliphatic heterocycles. The third kappa shape index (κ3) is 5.80. The maximum Gasteiger partial charge on any atom is 0.229 e. The fourth-order valence-electron chi connectivity index (χ4n) is 6.09. The van der Waals surface area contributed by atoms with Gasteiger partial charge in [0.25, 0.3) is 0 Å². The zero-order chi connectivity index (χ0) is 25.7. The molecule has 1 saturated carbocycles. The third-order valence-electron chi connectivity index (χ3n) is 8.19. The highest BCUT2D eigenvalue weighted by molar-refractivity contribution is 5.88. The number of anilines is 3. The van der Waals surface area contributed by atoms with Crippen molar-refractivity contribution in [1.29, 1.82) is 0 Å². The first kappa shape index (κ1) is 25.5. The first-order valence-electron chi connectivity index (χ1n) is 14.2. The van der Waals surface area contributed by atoms with E-state index in [1.54, 1.807) is 0 Å². The maximum atomic E-state index is 9.41. The van der Waals surface area contributed by atoms with Crippen LogP contribution in [0.3, 0.4) is 0 Å². The molecule has 5 heterocycles. The number of rotatable bonds is 9. The van der Waals surface area contributed by atoms with Gasteiger partial charge >= 0.3 is 0 Å². The minimum absolute atomic E-state index is 0.158. The molecule has 3 aromatic rings. The first-order chi connectivity index (χ1) is 18.8. The highest BCUT2D eigenvalue weighted by Gasteiger charge is 2.28. The van der Waals surface area contributed by atoms with Gasteiger partial charge in [0.1, 0.15) is 5.52 Å². The Morgan fingerprint density at radius 1 is 0.947 bits per heavy atom. The van der Waals surface area contributed by atoms with Crippen LogP contribution in [0.15, 0.2) is 24.7 Å². The molecule has 0 spiro atoms. The van der Waals surface area contributed by atoms with Crippen molar-refractivity contribution < 1.29 is 14.6 Å². The van der Waals surface area contributed by atoms with Gasteiger partial charge in [0, 0.05) is 63.9 Å². The Bertz CT molecular complexity index is 1180. The Morgan fingerprint density at radius 2 is 1.74 bits per heavy atom. The number of ether oxygens (including phenoxy) is 2. The monoisotopic (exact) mass is 524 g/mol. The summed E-state index contributed by atoms with van der Waals surface area (Å²) in [6.07, 6.45) is 13.2. The number of hydrogen-bond donors (Lipinski definition) is 3. The van der Waals surface area contributed by atoms with E-state index in [-0.39, 0.29) is 6.61 Å². The van der Waals surface area contributed by atoms with E-state index in [0.29, 0.717) is 30.5 Å². The molecule has 2 saturated heterocycles. The predicted molar refractivity (Wildman–Crippen MR) is 146 cm³/mol. The van der Waals surface area contributed by atoms with Crippen LogP contribution in [0.1, 0.15) is 51.0 Å². The predicted octanol–water partition coefficient (Wildman–Crippen LogP) is 3.16. The molecule has 3 aliphatic rings. The highest BCUT2D eigenvalue weighted by Crippen LogP contribution is 2.30. The summed E-state index contributed by atoms with van der Waals surface area (Å²) in [5, 5.41) is 21.2. The minimum atomic E-state index is 0.158. The number of aromatic nitrogens is 5. The second-order valence-electron chi connectivity index (χ2n) is 10.7. The van der Waals surface area contributed by atoms with E-state index >= 15 is 0 Å². The van der Waals surface area contributed by atoms with Gasteiger partial charge in [0.05, 0.1) is 36.7 Å². The zero-order valence-corrected chi connectivity index (χ0v) is 22.1. The van der Waals surface area contributed by atoms with Crippen LogP contribution < -0.4 is 10.6 Å². The van der Waals surface area contributed by atoms with Crippen molar-refractivity contribution in [2.75, 3.05) is 56.8 Å². The molecule has 206 valence electrons. The summed E-state index contributed by atoms with van der Waals surface area (Å²) in [6.45, 7) is 6.25. The van der Waals surface area contributed by atoms with Crippen LogP contribution in [0.4, 0.5) is 17.5 Å². The van der Waals surface area contributed by atoms with E-state index in [9.17, 15) is 5.11 Å². The van der Waals surface area contributed by atoms with Crippen molar-refractivity contribution in [2.24, 2.45) is 0 Å². The van der Waals surface area contributed by atoms with Crippen LogP contribution in [-0.4, -0.2) is 92.5 Å². The van der Waals surface area contributed by atoms with Crippen molar-refractivity contribution in [3.8, 4) is 0 Å². The number of hydrogen-bond acceptors (Lipinski definition) is 9. The molecule has 0 radical (unpaired) electrons. The molecule has 1 aliphatic carbocycles. The van der Waals surface area contributed by atoms with Gasteiger partial charge in [-0.25, -0.2) is 4.98 Å². The van der Waals surface area contributed by atoms with Crippen LogP contribution in [0.2, 0.25) is 0 Å². The molecule has 0 amide bonds. The molecular formula is C27H40N8O3. The number of nitrogens with one attached hydrogen (secondary N) is 2. The van der Waals surface area contributed by atoms with E-state index in [4.69, 9.17) is 19.4 Å². The summed E-state index contributed by atoms with van der Waals surface area (Å²) in [5.41, 5.74) is 2.77. The third-order valence-corrected chi connectivity index (χ3v) is 8.19. The van der Waals surface area contributed by atoms with E-state index in [1.807, 2.05) is 29.3 Å². The lowest BCUT2D eigenvalue weighted by atomic mass is 9.90.